The highest BCUT2D eigenvalue weighted by molar-refractivity contribution is 5.82. The molecule has 0 aliphatic heterocycles. The van der Waals surface area contributed by atoms with Crippen LogP contribution in [0.25, 0.3) is 0 Å². The average Bonchev–Trinajstić information content (AvgIpc) is 2.82. The van der Waals surface area contributed by atoms with Gasteiger partial charge in [0, 0.05) is 40.3 Å². The summed E-state index contributed by atoms with van der Waals surface area (Å²) >= 11 is 0. The SMILES string of the molecule is CC(=O)OC[C@@H](OC(C)=O)[C@@H](OC(C)=O)[C@H](OC(C)=O)[C@@H](/C=N/NC(=O)CNc1ccc(C)cc1)OC(C)=O. The molecule has 0 radical (unpaired) electrons. The molecule has 1 aromatic carbocycles. The number of hydrogen-bond acceptors (Lipinski definition) is 13. The number of nitrogens with one attached hydrogen (secondary N) is 2. The van der Waals surface area contributed by atoms with E-state index in [0.29, 0.717) is 5.69 Å². The number of esters is 5. The van der Waals surface area contributed by atoms with Crippen molar-refractivity contribution in [2.45, 2.75) is 66.0 Å². The Hall–Kier alpha value is -4.49. The molecule has 4 atom stereocenters. The van der Waals surface area contributed by atoms with Gasteiger partial charge in [-0.25, -0.2) is 5.43 Å². The van der Waals surface area contributed by atoms with Crippen LogP contribution >= 0.6 is 0 Å². The number of hydrogen-bond donors (Lipinski definition) is 2. The molecule has 0 spiro atoms. The third-order valence-electron chi connectivity index (χ3n) is 4.60. The van der Waals surface area contributed by atoms with Gasteiger partial charge in [0.05, 0.1) is 12.8 Å². The zero-order valence-corrected chi connectivity index (χ0v) is 22.5. The van der Waals surface area contributed by atoms with Crippen molar-refractivity contribution in [2.75, 3.05) is 18.5 Å². The Morgan fingerprint density at radius 2 is 1.31 bits per heavy atom. The molecular weight excluding hydrogens is 518 g/mol. The fourth-order valence-corrected chi connectivity index (χ4v) is 3.12. The van der Waals surface area contributed by atoms with E-state index in [1.54, 1.807) is 12.1 Å². The van der Waals surface area contributed by atoms with Gasteiger partial charge in [-0.15, -0.1) is 0 Å². The average molecular weight is 552 g/mol. The van der Waals surface area contributed by atoms with E-state index in [9.17, 15) is 28.8 Å². The molecule has 0 saturated heterocycles. The Kier molecular flexibility index (Phi) is 13.7. The number of nitrogens with zero attached hydrogens (tertiary/aromatic N) is 1. The van der Waals surface area contributed by atoms with Gasteiger partial charge in [0.15, 0.2) is 24.4 Å². The van der Waals surface area contributed by atoms with E-state index < -0.39 is 66.8 Å². The predicted molar refractivity (Wildman–Crippen MR) is 135 cm³/mol. The Morgan fingerprint density at radius 1 is 0.769 bits per heavy atom. The number of carbonyl (C=O) groups excluding carboxylic acids is 6. The molecule has 0 fully saturated rings. The van der Waals surface area contributed by atoms with Gasteiger partial charge in [-0.3, -0.25) is 28.8 Å². The van der Waals surface area contributed by atoms with E-state index in [2.05, 4.69) is 15.8 Å². The highest BCUT2D eigenvalue weighted by Gasteiger charge is 2.43. The first-order valence-electron chi connectivity index (χ1n) is 11.7. The Bertz CT molecular complexity index is 1060. The van der Waals surface area contributed by atoms with E-state index in [1.807, 2.05) is 19.1 Å². The maximum Gasteiger partial charge on any atom is 0.303 e. The first-order chi connectivity index (χ1) is 18.3. The van der Waals surface area contributed by atoms with E-state index in [4.69, 9.17) is 23.7 Å². The number of aryl methyl sites for hydroxylation is 1. The van der Waals surface area contributed by atoms with Crippen molar-refractivity contribution in [3.63, 3.8) is 0 Å². The third kappa shape index (κ3) is 13.6. The van der Waals surface area contributed by atoms with Crippen LogP contribution in [0.15, 0.2) is 29.4 Å². The molecule has 1 amide bonds. The van der Waals surface area contributed by atoms with Gasteiger partial charge in [0.2, 0.25) is 0 Å². The van der Waals surface area contributed by atoms with Gasteiger partial charge in [-0.2, -0.15) is 5.10 Å². The van der Waals surface area contributed by atoms with Crippen molar-refractivity contribution in [1.82, 2.24) is 5.43 Å². The van der Waals surface area contributed by atoms with Gasteiger partial charge >= 0.3 is 29.8 Å². The molecule has 14 nitrogen and oxygen atoms in total. The topological polar surface area (TPSA) is 185 Å². The van der Waals surface area contributed by atoms with Crippen LogP contribution in [-0.4, -0.2) is 79.5 Å². The zero-order chi connectivity index (χ0) is 29.5. The maximum absolute atomic E-state index is 12.2. The fourth-order valence-electron chi connectivity index (χ4n) is 3.12. The lowest BCUT2D eigenvalue weighted by Gasteiger charge is -2.34. The van der Waals surface area contributed by atoms with Crippen LogP contribution in [0.3, 0.4) is 0 Å². The summed E-state index contributed by atoms with van der Waals surface area (Å²) in [6.45, 7) is 6.45. The maximum atomic E-state index is 12.2. The van der Waals surface area contributed by atoms with Crippen molar-refractivity contribution < 1.29 is 52.5 Å². The third-order valence-corrected chi connectivity index (χ3v) is 4.60. The smallest absolute Gasteiger partial charge is 0.303 e. The summed E-state index contributed by atoms with van der Waals surface area (Å²) in [5, 5.41) is 6.67. The van der Waals surface area contributed by atoms with Crippen molar-refractivity contribution in [3.8, 4) is 0 Å². The second-order valence-electron chi connectivity index (χ2n) is 8.21. The minimum atomic E-state index is -1.64. The van der Waals surface area contributed by atoms with E-state index in [-0.39, 0.29) is 6.54 Å². The minimum absolute atomic E-state index is 0.154. The molecule has 39 heavy (non-hydrogen) atoms. The van der Waals surface area contributed by atoms with Gasteiger partial charge in [0.1, 0.15) is 6.61 Å². The highest BCUT2D eigenvalue weighted by atomic mass is 16.6. The number of rotatable bonds is 14. The van der Waals surface area contributed by atoms with Crippen molar-refractivity contribution in [2.24, 2.45) is 5.10 Å². The molecule has 0 saturated carbocycles. The van der Waals surface area contributed by atoms with Gasteiger partial charge in [-0.1, -0.05) is 17.7 Å². The molecule has 0 aliphatic rings. The normalized spacial score (nSPS) is 13.7. The molecule has 214 valence electrons. The lowest BCUT2D eigenvalue weighted by atomic mass is 10.0. The summed E-state index contributed by atoms with van der Waals surface area (Å²) in [4.78, 5) is 71.1. The molecule has 0 heterocycles. The fraction of sp³-hybridized carbons (Fsp3) is 0.480. The molecule has 14 heteroatoms. The first-order valence-corrected chi connectivity index (χ1v) is 11.7. The van der Waals surface area contributed by atoms with Crippen LogP contribution < -0.4 is 10.7 Å². The number of benzene rings is 1. The summed E-state index contributed by atoms with van der Waals surface area (Å²) < 4.78 is 25.8. The lowest BCUT2D eigenvalue weighted by molar-refractivity contribution is -0.197. The Balaban J connectivity index is 3.22. The second-order valence-corrected chi connectivity index (χ2v) is 8.21. The number of amides is 1. The molecule has 0 unspecified atom stereocenters. The van der Waals surface area contributed by atoms with E-state index in [1.165, 1.54) is 0 Å². The first kappa shape index (κ1) is 32.5. The molecule has 1 rings (SSSR count). The quantitative estimate of drug-likeness (QED) is 0.144. The Morgan fingerprint density at radius 3 is 1.82 bits per heavy atom. The van der Waals surface area contributed by atoms with Crippen LogP contribution in [0.1, 0.15) is 40.2 Å². The summed E-state index contributed by atoms with van der Waals surface area (Å²) in [5.74, 6) is -4.76. The highest BCUT2D eigenvalue weighted by Crippen LogP contribution is 2.19. The van der Waals surface area contributed by atoms with Crippen LogP contribution in [-0.2, 0) is 52.5 Å². The number of hydrazone groups is 1. The number of ether oxygens (including phenoxy) is 5. The summed E-state index contributed by atoms with van der Waals surface area (Å²) in [6, 6.07) is 7.30. The molecular formula is C25H33N3O11. The molecule has 2 N–H and O–H groups in total. The molecule has 1 aromatic rings. The second kappa shape index (κ2) is 16.4. The Labute approximate surface area is 225 Å². The van der Waals surface area contributed by atoms with Crippen molar-refractivity contribution in [3.05, 3.63) is 29.8 Å². The van der Waals surface area contributed by atoms with Gasteiger partial charge in [-0.05, 0) is 19.1 Å². The minimum Gasteiger partial charge on any atom is -0.462 e. The van der Waals surface area contributed by atoms with Crippen molar-refractivity contribution in [1.29, 1.82) is 0 Å². The van der Waals surface area contributed by atoms with E-state index in [0.717, 1.165) is 46.4 Å². The van der Waals surface area contributed by atoms with Crippen LogP contribution in [0.5, 0.6) is 0 Å². The van der Waals surface area contributed by atoms with Crippen LogP contribution in [0.4, 0.5) is 5.69 Å². The largest absolute Gasteiger partial charge is 0.462 e. The van der Waals surface area contributed by atoms with Gasteiger partial charge in [0.25, 0.3) is 5.91 Å². The zero-order valence-electron chi connectivity index (χ0n) is 22.5. The standard InChI is InChI=1S/C25H33N3O11/c1-14-7-9-20(10-8-14)26-12-23(34)28-27-11-21(36-16(3)30)24(38-18(5)32)25(39-19(6)33)22(37-17(4)31)13-35-15(2)29/h7-11,21-22,24-26H,12-13H2,1-6H3,(H,28,34)/b27-11+/t21-,22-,24-,25-/m1/s1. The lowest BCUT2D eigenvalue weighted by Crippen LogP contribution is -2.53. The molecule has 0 aliphatic carbocycles. The predicted octanol–water partition coefficient (Wildman–Crippen LogP) is 0.799. The monoisotopic (exact) mass is 551 g/mol. The number of anilines is 1. The van der Waals surface area contributed by atoms with Gasteiger partial charge < -0.3 is 29.0 Å². The molecule has 0 aromatic heterocycles. The summed E-state index contributed by atoms with van der Waals surface area (Å²) in [7, 11) is 0. The van der Waals surface area contributed by atoms with Crippen LogP contribution in [0, 0.1) is 6.92 Å². The van der Waals surface area contributed by atoms with Crippen LogP contribution in [0.2, 0.25) is 0 Å². The summed E-state index contributed by atoms with van der Waals surface area (Å²) in [6.07, 6.45) is -5.34. The van der Waals surface area contributed by atoms with Crippen molar-refractivity contribution >= 4 is 47.7 Å². The number of carbonyl (C=O) groups is 6. The molecule has 0 bridgehead atoms. The van der Waals surface area contributed by atoms with E-state index >= 15 is 0 Å². The summed E-state index contributed by atoms with van der Waals surface area (Å²) in [5.41, 5.74) is 3.97.